The number of methoxy groups -OCH3 is 1. The molecule has 0 saturated heterocycles. The summed E-state index contributed by atoms with van der Waals surface area (Å²) in [5, 5.41) is 11.6. The van der Waals surface area contributed by atoms with Crippen LogP contribution in [-0.4, -0.2) is 30.1 Å². The van der Waals surface area contributed by atoms with Gasteiger partial charge >= 0.3 is 5.97 Å². The van der Waals surface area contributed by atoms with Gasteiger partial charge in [0, 0.05) is 11.8 Å². The number of hydrogen-bond acceptors (Lipinski definition) is 4. The summed E-state index contributed by atoms with van der Waals surface area (Å²) in [4.78, 5) is 22.8. The van der Waals surface area contributed by atoms with E-state index in [2.05, 4.69) is 5.32 Å². The zero-order valence-corrected chi connectivity index (χ0v) is 11.8. The highest BCUT2D eigenvalue weighted by molar-refractivity contribution is 5.96. The van der Waals surface area contributed by atoms with E-state index < -0.39 is 12.0 Å². The van der Waals surface area contributed by atoms with Crippen molar-refractivity contribution in [2.45, 2.75) is 26.3 Å². The van der Waals surface area contributed by atoms with Crippen LogP contribution in [0.15, 0.2) is 18.2 Å². The summed E-state index contributed by atoms with van der Waals surface area (Å²) in [5.41, 5.74) is 6.27. The van der Waals surface area contributed by atoms with Crippen molar-refractivity contribution in [3.63, 3.8) is 0 Å². The Hall–Kier alpha value is -2.08. The van der Waals surface area contributed by atoms with Crippen molar-refractivity contribution >= 4 is 17.6 Å². The number of nitrogens with one attached hydrogen (secondary N) is 1. The molecular formula is C14H20N2O4. The van der Waals surface area contributed by atoms with Crippen molar-refractivity contribution in [2.24, 2.45) is 11.7 Å². The van der Waals surface area contributed by atoms with E-state index in [4.69, 9.17) is 15.6 Å². The Bertz CT molecular complexity index is 500. The Morgan fingerprint density at radius 2 is 2.05 bits per heavy atom. The first-order valence-electron chi connectivity index (χ1n) is 6.33. The fourth-order valence-corrected chi connectivity index (χ4v) is 1.80. The highest BCUT2D eigenvalue weighted by Gasteiger charge is 2.17. The second-order valence-electron chi connectivity index (χ2n) is 4.95. The molecule has 0 bridgehead atoms. The lowest BCUT2D eigenvalue weighted by molar-refractivity contribution is -0.117. The number of carboxylic acids is 1. The van der Waals surface area contributed by atoms with Crippen LogP contribution in [0.2, 0.25) is 0 Å². The second-order valence-corrected chi connectivity index (χ2v) is 4.95. The monoisotopic (exact) mass is 280 g/mol. The van der Waals surface area contributed by atoms with Crippen LogP contribution in [0.5, 0.6) is 5.75 Å². The standard InChI is InChI=1S/C14H20N2O4/c1-8(2)6-11(15)13(17)16-9-4-5-10(14(18)19)12(7-9)20-3/h4-5,7-8,11H,6,15H2,1-3H3,(H,16,17)(H,18,19). The molecule has 1 rings (SSSR count). The minimum atomic E-state index is -1.09. The van der Waals surface area contributed by atoms with Crippen LogP contribution >= 0.6 is 0 Å². The van der Waals surface area contributed by atoms with Crippen molar-refractivity contribution in [3.8, 4) is 5.75 Å². The fourth-order valence-electron chi connectivity index (χ4n) is 1.80. The maximum Gasteiger partial charge on any atom is 0.339 e. The maximum atomic E-state index is 11.9. The first-order chi connectivity index (χ1) is 9.35. The van der Waals surface area contributed by atoms with Gasteiger partial charge in [0.25, 0.3) is 0 Å². The molecule has 0 aliphatic rings. The Balaban J connectivity index is 2.83. The van der Waals surface area contributed by atoms with Gasteiger partial charge in [0.2, 0.25) is 5.91 Å². The Labute approximate surface area is 117 Å². The van der Waals surface area contributed by atoms with Gasteiger partial charge in [-0.05, 0) is 24.5 Å². The first kappa shape index (κ1) is 16.0. The quantitative estimate of drug-likeness (QED) is 0.736. The minimum absolute atomic E-state index is 0.0389. The van der Waals surface area contributed by atoms with Crippen LogP contribution in [-0.2, 0) is 4.79 Å². The number of rotatable bonds is 6. The van der Waals surface area contributed by atoms with Crippen LogP contribution in [0, 0.1) is 5.92 Å². The van der Waals surface area contributed by atoms with Gasteiger partial charge in [-0.1, -0.05) is 13.8 Å². The third-order valence-corrected chi connectivity index (χ3v) is 2.76. The number of carbonyl (C=O) groups is 2. The van der Waals surface area contributed by atoms with E-state index in [1.807, 2.05) is 13.8 Å². The topological polar surface area (TPSA) is 102 Å². The van der Waals surface area contributed by atoms with Gasteiger partial charge in [-0.25, -0.2) is 4.79 Å². The van der Waals surface area contributed by atoms with E-state index in [9.17, 15) is 9.59 Å². The van der Waals surface area contributed by atoms with Gasteiger partial charge in [0.05, 0.1) is 13.2 Å². The number of aromatic carboxylic acids is 1. The number of benzene rings is 1. The van der Waals surface area contributed by atoms with Crippen LogP contribution in [0.3, 0.4) is 0 Å². The first-order valence-corrected chi connectivity index (χ1v) is 6.33. The van der Waals surface area contributed by atoms with E-state index in [1.165, 1.54) is 25.3 Å². The summed E-state index contributed by atoms with van der Waals surface area (Å²) in [6.07, 6.45) is 0.580. The summed E-state index contributed by atoms with van der Waals surface area (Å²) >= 11 is 0. The number of carbonyl (C=O) groups excluding carboxylic acids is 1. The molecule has 1 aromatic carbocycles. The molecular weight excluding hydrogens is 260 g/mol. The SMILES string of the molecule is COc1cc(NC(=O)C(N)CC(C)C)ccc1C(=O)O. The molecule has 0 spiro atoms. The van der Waals surface area contributed by atoms with E-state index in [-0.39, 0.29) is 17.2 Å². The number of nitrogens with two attached hydrogens (primary N) is 1. The molecule has 6 nitrogen and oxygen atoms in total. The van der Waals surface area contributed by atoms with E-state index in [1.54, 1.807) is 0 Å². The van der Waals surface area contributed by atoms with Crippen molar-refractivity contribution in [1.29, 1.82) is 0 Å². The lowest BCUT2D eigenvalue weighted by Crippen LogP contribution is -2.36. The van der Waals surface area contributed by atoms with Crippen LogP contribution in [0.25, 0.3) is 0 Å². The van der Waals surface area contributed by atoms with Crippen LogP contribution < -0.4 is 15.8 Å². The van der Waals surface area contributed by atoms with Crippen molar-refractivity contribution in [1.82, 2.24) is 0 Å². The van der Waals surface area contributed by atoms with Crippen LogP contribution in [0.1, 0.15) is 30.6 Å². The summed E-state index contributed by atoms with van der Waals surface area (Å²) in [5.74, 6) is -0.882. The van der Waals surface area contributed by atoms with E-state index in [0.717, 1.165) is 0 Å². The molecule has 1 aromatic rings. The molecule has 20 heavy (non-hydrogen) atoms. The minimum Gasteiger partial charge on any atom is -0.496 e. The van der Waals surface area contributed by atoms with Crippen molar-refractivity contribution in [3.05, 3.63) is 23.8 Å². The molecule has 0 aliphatic heterocycles. The third-order valence-electron chi connectivity index (χ3n) is 2.76. The lowest BCUT2D eigenvalue weighted by Gasteiger charge is -2.15. The Morgan fingerprint density at radius 3 is 2.55 bits per heavy atom. The van der Waals surface area contributed by atoms with Crippen molar-refractivity contribution < 1.29 is 19.4 Å². The van der Waals surface area contributed by atoms with Gasteiger partial charge in [-0.3, -0.25) is 4.79 Å². The Morgan fingerprint density at radius 1 is 1.40 bits per heavy atom. The highest BCUT2D eigenvalue weighted by atomic mass is 16.5. The normalized spacial score (nSPS) is 12.1. The molecule has 4 N–H and O–H groups in total. The van der Waals surface area contributed by atoms with Crippen LogP contribution in [0.4, 0.5) is 5.69 Å². The lowest BCUT2D eigenvalue weighted by atomic mass is 10.0. The summed E-state index contributed by atoms with van der Waals surface area (Å²) in [7, 11) is 1.37. The van der Waals surface area contributed by atoms with Crippen molar-refractivity contribution in [2.75, 3.05) is 12.4 Å². The second kappa shape index (κ2) is 6.91. The average Bonchev–Trinajstić information content (AvgIpc) is 2.37. The van der Waals surface area contributed by atoms with Gasteiger partial charge < -0.3 is 20.9 Å². The number of hydrogen-bond donors (Lipinski definition) is 3. The molecule has 6 heteroatoms. The van der Waals surface area contributed by atoms with Gasteiger partial charge in [-0.15, -0.1) is 0 Å². The number of anilines is 1. The molecule has 0 aliphatic carbocycles. The number of ether oxygens (including phenoxy) is 1. The van der Waals surface area contributed by atoms with Gasteiger partial charge in [-0.2, -0.15) is 0 Å². The molecule has 1 amide bonds. The fraction of sp³-hybridized carbons (Fsp3) is 0.429. The smallest absolute Gasteiger partial charge is 0.339 e. The molecule has 1 atom stereocenters. The molecule has 0 saturated carbocycles. The number of amides is 1. The van der Waals surface area contributed by atoms with E-state index in [0.29, 0.717) is 18.0 Å². The summed E-state index contributed by atoms with van der Waals surface area (Å²) in [6, 6.07) is 3.75. The molecule has 0 radical (unpaired) electrons. The zero-order chi connectivity index (χ0) is 15.3. The third kappa shape index (κ3) is 4.24. The predicted molar refractivity (Wildman–Crippen MR) is 76.0 cm³/mol. The zero-order valence-electron chi connectivity index (χ0n) is 11.8. The molecule has 0 aromatic heterocycles. The molecule has 1 unspecified atom stereocenters. The summed E-state index contributed by atoms with van der Waals surface area (Å²) in [6.45, 7) is 3.97. The maximum absolute atomic E-state index is 11.9. The predicted octanol–water partition coefficient (Wildman–Crippen LogP) is 1.71. The van der Waals surface area contributed by atoms with Gasteiger partial charge in [0.1, 0.15) is 11.3 Å². The average molecular weight is 280 g/mol. The molecule has 0 heterocycles. The molecule has 0 fully saturated rings. The largest absolute Gasteiger partial charge is 0.496 e. The van der Waals surface area contributed by atoms with E-state index >= 15 is 0 Å². The van der Waals surface area contributed by atoms with Gasteiger partial charge in [0.15, 0.2) is 0 Å². The molecule has 110 valence electrons. The Kier molecular flexibility index (Phi) is 5.52. The summed E-state index contributed by atoms with van der Waals surface area (Å²) < 4.78 is 4.99. The highest BCUT2D eigenvalue weighted by Crippen LogP contribution is 2.23. The number of carboxylic acid groups (broad SMARTS) is 1.